The lowest BCUT2D eigenvalue weighted by Crippen LogP contribution is -2.37. The largest absolute Gasteiger partial charge is 0.465 e. The molecule has 0 saturated carbocycles. The Morgan fingerprint density at radius 2 is 1.86 bits per heavy atom. The normalized spacial score (nSPS) is 10.5. The molecule has 0 aliphatic heterocycles. The second-order valence-electron chi connectivity index (χ2n) is 4.96. The predicted molar refractivity (Wildman–Crippen MR) is 83.1 cm³/mol. The first-order chi connectivity index (χ1) is 10.6. The van der Waals surface area contributed by atoms with Crippen LogP contribution in [0.25, 0.3) is 0 Å². The third-order valence-electron chi connectivity index (χ3n) is 3.01. The van der Waals surface area contributed by atoms with Crippen molar-refractivity contribution in [1.82, 2.24) is 10.2 Å². The topological polar surface area (TPSA) is 67.9 Å². The van der Waals surface area contributed by atoms with Crippen LogP contribution < -0.4 is 5.32 Å². The third-order valence-corrected chi connectivity index (χ3v) is 3.01. The first kappa shape index (κ1) is 18.1. The van der Waals surface area contributed by atoms with Gasteiger partial charge in [0.15, 0.2) is 0 Å². The number of esters is 1. The summed E-state index contributed by atoms with van der Waals surface area (Å²) < 4.78 is 9.97. The summed E-state index contributed by atoms with van der Waals surface area (Å²) in [6.07, 6.45) is 0. The first-order valence-electron chi connectivity index (χ1n) is 7.23. The molecule has 0 aromatic heterocycles. The molecular formula is C16H24N2O4. The number of benzene rings is 1. The molecule has 1 amide bonds. The molecule has 122 valence electrons. The van der Waals surface area contributed by atoms with Gasteiger partial charge in [-0.15, -0.1) is 0 Å². The Morgan fingerprint density at radius 3 is 2.50 bits per heavy atom. The van der Waals surface area contributed by atoms with Crippen molar-refractivity contribution in [3.63, 3.8) is 0 Å². The number of likely N-dealkylation sites (N-methyl/N-ethyl adjacent to an activating group) is 1. The number of nitrogens with one attached hydrogen (secondary N) is 1. The molecule has 0 unspecified atom stereocenters. The summed E-state index contributed by atoms with van der Waals surface area (Å²) in [6, 6.07) is 7.79. The van der Waals surface area contributed by atoms with Crippen LogP contribution in [0.3, 0.4) is 0 Å². The van der Waals surface area contributed by atoms with Gasteiger partial charge in [-0.05, 0) is 25.1 Å². The summed E-state index contributed by atoms with van der Waals surface area (Å²) in [5.41, 5.74) is 2.07. The monoisotopic (exact) mass is 308 g/mol. The van der Waals surface area contributed by atoms with Crippen LogP contribution in [-0.2, 0) is 32.2 Å². The number of ether oxygens (including phenoxy) is 2. The number of nitrogens with zero attached hydrogens (tertiary/aromatic N) is 1. The summed E-state index contributed by atoms with van der Waals surface area (Å²) in [4.78, 5) is 24.8. The minimum absolute atomic E-state index is 0.0987. The average molecular weight is 308 g/mol. The van der Waals surface area contributed by atoms with Gasteiger partial charge in [0, 0.05) is 13.7 Å². The van der Waals surface area contributed by atoms with E-state index < -0.39 is 0 Å². The molecule has 6 heteroatoms. The highest BCUT2D eigenvalue weighted by molar-refractivity contribution is 5.79. The van der Waals surface area contributed by atoms with Crippen molar-refractivity contribution in [3.05, 3.63) is 35.4 Å². The highest BCUT2D eigenvalue weighted by atomic mass is 16.5. The summed E-state index contributed by atoms with van der Waals surface area (Å²) in [7, 11) is 3.34. The van der Waals surface area contributed by atoms with Crippen LogP contribution in [0.2, 0.25) is 0 Å². The van der Waals surface area contributed by atoms with Crippen molar-refractivity contribution >= 4 is 11.9 Å². The molecular weight excluding hydrogens is 284 g/mol. The zero-order valence-electron chi connectivity index (χ0n) is 13.4. The Kier molecular flexibility index (Phi) is 8.17. The molecule has 1 N–H and O–H groups in total. The van der Waals surface area contributed by atoms with Crippen LogP contribution in [0.5, 0.6) is 0 Å². The van der Waals surface area contributed by atoms with Gasteiger partial charge in [-0.2, -0.15) is 0 Å². The van der Waals surface area contributed by atoms with E-state index in [-0.39, 0.29) is 25.0 Å². The molecule has 0 fully saturated rings. The average Bonchev–Trinajstić information content (AvgIpc) is 2.46. The van der Waals surface area contributed by atoms with Crippen LogP contribution >= 0.6 is 0 Å². The second-order valence-corrected chi connectivity index (χ2v) is 4.96. The van der Waals surface area contributed by atoms with Gasteiger partial charge in [0.1, 0.15) is 0 Å². The van der Waals surface area contributed by atoms with Crippen molar-refractivity contribution in [1.29, 1.82) is 0 Å². The quantitative estimate of drug-likeness (QED) is 0.688. The van der Waals surface area contributed by atoms with E-state index in [1.807, 2.05) is 24.3 Å². The molecule has 0 saturated heterocycles. The third kappa shape index (κ3) is 6.69. The Hall–Kier alpha value is -1.92. The van der Waals surface area contributed by atoms with Crippen molar-refractivity contribution in [2.75, 3.05) is 33.9 Å². The number of carbonyl (C=O) groups excluding carboxylic acids is 2. The maximum atomic E-state index is 11.9. The molecule has 1 aromatic carbocycles. The summed E-state index contributed by atoms with van der Waals surface area (Å²) in [6.45, 7) is 3.28. The Morgan fingerprint density at radius 1 is 1.18 bits per heavy atom. The lowest BCUT2D eigenvalue weighted by Gasteiger charge is -2.16. The number of hydrogen-bond acceptors (Lipinski definition) is 5. The van der Waals surface area contributed by atoms with E-state index in [2.05, 4.69) is 5.32 Å². The Bertz CT molecular complexity index is 491. The Balaban J connectivity index is 2.41. The molecule has 1 rings (SSSR count). The number of amides is 1. The van der Waals surface area contributed by atoms with Gasteiger partial charge < -0.3 is 14.8 Å². The Labute approximate surface area is 131 Å². The molecule has 0 atom stereocenters. The molecule has 0 radical (unpaired) electrons. The van der Waals surface area contributed by atoms with E-state index >= 15 is 0 Å². The summed E-state index contributed by atoms with van der Waals surface area (Å²) >= 11 is 0. The van der Waals surface area contributed by atoms with E-state index in [0.717, 1.165) is 11.1 Å². The molecule has 0 spiro atoms. The maximum Gasteiger partial charge on any atom is 0.320 e. The van der Waals surface area contributed by atoms with Gasteiger partial charge in [0.2, 0.25) is 5.91 Å². The molecule has 22 heavy (non-hydrogen) atoms. The summed E-state index contributed by atoms with van der Waals surface area (Å²) in [5, 5.41) is 2.85. The van der Waals surface area contributed by atoms with Crippen LogP contribution in [0.4, 0.5) is 0 Å². The second kappa shape index (κ2) is 9.92. The number of rotatable bonds is 9. The fraction of sp³-hybridized carbons (Fsp3) is 0.500. The highest BCUT2D eigenvalue weighted by Gasteiger charge is 2.11. The van der Waals surface area contributed by atoms with Gasteiger partial charge in [0.25, 0.3) is 0 Å². The highest BCUT2D eigenvalue weighted by Crippen LogP contribution is 2.09. The fourth-order valence-corrected chi connectivity index (χ4v) is 2.00. The van der Waals surface area contributed by atoms with E-state index in [0.29, 0.717) is 19.8 Å². The molecule has 0 aliphatic rings. The van der Waals surface area contributed by atoms with Crippen LogP contribution in [-0.4, -0.2) is 50.6 Å². The van der Waals surface area contributed by atoms with Crippen molar-refractivity contribution < 1.29 is 19.1 Å². The smallest absolute Gasteiger partial charge is 0.320 e. The van der Waals surface area contributed by atoms with Crippen LogP contribution in [0.15, 0.2) is 24.3 Å². The van der Waals surface area contributed by atoms with Crippen LogP contribution in [0, 0.1) is 0 Å². The van der Waals surface area contributed by atoms with E-state index in [1.165, 1.54) is 0 Å². The lowest BCUT2D eigenvalue weighted by atomic mass is 10.1. The minimum Gasteiger partial charge on any atom is -0.465 e. The molecule has 0 aliphatic carbocycles. The standard InChI is InChI=1S/C16H24N2O4/c1-4-22-16(20)11-18(2)10-15(19)17-9-13-7-5-6-8-14(13)12-21-3/h5-8H,4,9-12H2,1-3H3,(H,17,19). The number of carbonyl (C=O) groups is 2. The number of hydrogen-bond donors (Lipinski definition) is 1. The minimum atomic E-state index is -0.330. The first-order valence-corrected chi connectivity index (χ1v) is 7.23. The van der Waals surface area contributed by atoms with Crippen LogP contribution in [0.1, 0.15) is 18.1 Å². The lowest BCUT2D eigenvalue weighted by molar-refractivity contribution is -0.144. The fourth-order valence-electron chi connectivity index (χ4n) is 2.00. The molecule has 0 bridgehead atoms. The van der Waals surface area contributed by atoms with Gasteiger partial charge in [0.05, 0.1) is 26.3 Å². The van der Waals surface area contributed by atoms with Gasteiger partial charge >= 0.3 is 5.97 Å². The van der Waals surface area contributed by atoms with Gasteiger partial charge in [-0.3, -0.25) is 14.5 Å². The molecule has 6 nitrogen and oxygen atoms in total. The van der Waals surface area contributed by atoms with Crippen molar-refractivity contribution in [2.24, 2.45) is 0 Å². The van der Waals surface area contributed by atoms with E-state index in [1.54, 1.807) is 26.0 Å². The van der Waals surface area contributed by atoms with E-state index in [4.69, 9.17) is 9.47 Å². The predicted octanol–water partition coefficient (Wildman–Crippen LogP) is 0.944. The molecule has 1 aromatic rings. The van der Waals surface area contributed by atoms with Gasteiger partial charge in [-0.1, -0.05) is 24.3 Å². The summed E-state index contributed by atoms with van der Waals surface area (Å²) in [5.74, 6) is -0.470. The van der Waals surface area contributed by atoms with E-state index in [9.17, 15) is 9.59 Å². The van der Waals surface area contributed by atoms with Gasteiger partial charge in [-0.25, -0.2) is 0 Å². The number of methoxy groups -OCH3 is 1. The van der Waals surface area contributed by atoms with Crippen molar-refractivity contribution in [3.8, 4) is 0 Å². The zero-order chi connectivity index (χ0) is 16.4. The van der Waals surface area contributed by atoms with Crippen molar-refractivity contribution in [2.45, 2.75) is 20.1 Å². The maximum absolute atomic E-state index is 11.9. The zero-order valence-corrected chi connectivity index (χ0v) is 13.4. The molecule has 0 heterocycles. The SMILES string of the molecule is CCOC(=O)CN(C)CC(=O)NCc1ccccc1COC.